The molecule has 14 heavy (non-hydrogen) atoms. The van der Waals surface area contributed by atoms with Gasteiger partial charge in [-0.05, 0) is 31.5 Å². The van der Waals surface area contributed by atoms with Crippen LogP contribution < -0.4 is 11.1 Å². The molecule has 0 aliphatic carbocycles. The highest BCUT2D eigenvalue weighted by molar-refractivity contribution is 5.34. The molecule has 3 nitrogen and oxygen atoms in total. The minimum atomic E-state index is -0.317. The molecular formula is C10H16FN3. The minimum Gasteiger partial charge on any atom is -0.367 e. The van der Waals surface area contributed by atoms with Crippen LogP contribution in [0.3, 0.4) is 0 Å². The molecule has 0 spiro atoms. The second kappa shape index (κ2) is 5.54. The maximum Gasteiger partial charge on any atom is 0.141 e. The summed E-state index contributed by atoms with van der Waals surface area (Å²) in [6, 6.07) is 3.34. The number of hydrogen-bond acceptors (Lipinski definition) is 3. The number of rotatable bonds is 5. The van der Waals surface area contributed by atoms with Crippen molar-refractivity contribution in [3.63, 3.8) is 0 Å². The highest BCUT2D eigenvalue weighted by atomic mass is 19.1. The molecule has 1 aromatic rings. The van der Waals surface area contributed by atoms with E-state index in [9.17, 15) is 4.39 Å². The summed E-state index contributed by atoms with van der Waals surface area (Å²) >= 11 is 0. The van der Waals surface area contributed by atoms with E-state index < -0.39 is 0 Å². The van der Waals surface area contributed by atoms with E-state index in [-0.39, 0.29) is 5.82 Å². The Balaban J connectivity index is 2.53. The Morgan fingerprint density at radius 1 is 1.57 bits per heavy atom. The summed E-state index contributed by atoms with van der Waals surface area (Å²) in [5.41, 5.74) is 5.46. The highest BCUT2D eigenvalue weighted by Gasteiger charge is 2.04. The van der Waals surface area contributed by atoms with Gasteiger partial charge in [-0.1, -0.05) is 6.92 Å². The number of halogens is 1. The normalized spacial score (nSPS) is 12.5. The third kappa shape index (κ3) is 3.30. The van der Waals surface area contributed by atoms with Gasteiger partial charge in [0.05, 0.1) is 6.20 Å². The molecule has 0 saturated heterocycles. The molecule has 0 aliphatic heterocycles. The third-order valence-electron chi connectivity index (χ3n) is 2.09. The van der Waals surface area contributed by atoms with Crippen LogP contribution in [0.1, 0.15) is 19.8 Å². The molecule has 0 saturated carbocycles. The van der Waals surface area contributed by atoms with Crippen LogP contribution in [0.25, 0.3) is 0 Å². The summed E-state index contributed by atoms with van der Waals surface area (Å²) in [6.45, 7) is 2.73. The summed E-state index contributed by atoms with van der Waals surface area (Å²) in [7, 11) is 0. The van der Waals surface area contributed by atoms with E-state index in [1.54, 1.807) is 6.07 Å². The van der Waals surface area contributed by atoms with Crippen molar-refractivity contribution in [2.24, 2.45) is 5.73 Å². The van der Waals surface area contributed by atoms with Crippen LogP contribution in [0, 0.1) is 5.82 Å². The Morgan fingerprint density at radius 2 is 2.36 bits per heavy atom. The Labute approximate surface area is 83.5 Å². The van der Waals surface area contributed by atoms with Gasteiger partial charge in [0, 0.05) is 6.04 Å². The van der Waals surface area contributed by atoms with Crippen molar-refractivity contribution in [1.82, 2.24) is 4.98 Å². The highest BCUT2D eigenvalue weighted by Crippen LogP contribution is 2.08. The van der Waals surface area contributed by atoms with Crippen molar-refractivity contribution in [3.8, 4) is 0 Å². The van der Waals surface area contributed by atoms with Gasteiger partial charge < -0.3 is 11.1 Å². The topological polar surface area (TPSA) is 50.9 Å². The smallest absolute Gasteiger partial charge is 0.141 e. The zero-order valence-corrected chi connectivity index (χ0v) is 8.33. The lowest BCUT2D eigenvalue weighted by atomic mass is 10.1. The quantitative estimate of drug-likeness (QED) is 0.756. The molecule has 4 heteroatoms. The average molecular weight is 197 g/mol. The molecule has 1 atom stereocenters. The summed E-state index contributed by atoms with van der Waals surface area (Å²) in [5.74, 6) is 0.383. The van der Waals surface area contributed by atoms with E-state index in [2.05, 4.69) is 17.2 Å². The first-order chi connectivity index (χ1) is 6.76. The van der Waals surface area contributed by atoms with Crippen molar-refractivity contribution in [1.29, 1.82) is 0 Å². The number of nitrogens with two attached hydrogens (primary N) is 1. The van der Waals surface area contributed by atoms with Gasteiger partial charge in [-0.25, -0.2) is 9.37 Å². The average Bonchev–Trinajstić information content (AvgIpc) is 2.20. The lowest BCUT2D eigenvalue weighted by Gasteiger charge is -2.16. The standard InChI is InChI=1S/C10H16FN3/c1-2-9(5-6-12)14-10-4-3-8(11)7-13-10/h3-4,7,9H,2,5-6,12H2,1H3,(H,13,14). The van der Waals surface area contributed by atoms with E-state index in [1.165, 1.54) is 12.3 Å². The predicted molar refractivity (Wildman–Crippen MR) is 55.6 cm³/mol. The maximum atomic E-state index is 12.5. The van der Waals surface area contributed by atoms with Gasteiger partial charge in [0.2, 0.25) is 0 Å². The second-order valence-corrected chi connectivity index (χ2v) is 3.19. The largest absolute Gasteiger partial charge is 0.367 e. The van der Waals surface area contributed by atoms with Crippen LogP contribution in [0.15, 0.2) is 18.3 Å². The van der Waals surface area contributed by atoms with E-state index in [0.717, 1.165) is 12.8 Å². The van der Waals surface area contributed by atoms with Crippen molar-refractivity contribution in [2.45, 2.75) is 25.8 Å². The van der Waals surface area contributed by atoms with E-state index in [0.29, 0.717) is 18.4 Å². The van der Waals surface area contributed by atoms with E-state index in [4.69, 9.17) is 5.73 Å². The molecule has 0 aliphatic rings. The monoisotopic (exact) mass is 197 g/mol. The predicted octanol–water partition coefficient (Wildman–Crippen LogP) is 1.76. The molecule has 3 N–H and O–H groups in total. The summed E-state index contributed by atoms with van der Waals surface area (Å²) < 4.78 is 12.5. The maximum absolute atomic E-state index is 12.5. The minimum absolute atomic E-state index is 0.317. The van der Waals surface area contributed by atoms with E-state index >= 15 is 0 Å². The lowest BCUT2D eigenvalue weighted by Crippen LogP contribution is -2.22. The second-order valence-electron chi connectivity index (χ2n) is 3.19. The lowest BCUT2D eigenvalue weighted by molar-refractivity contribution is 0.617. The third-order valence-corrected chi connectivity index (χ3v) is 2.09. The fourth-order valence-electron chi connectivity index (χ4n) is 1.25. The van der Waals surface area contributed by atoms with Crippen molar-refractivity contribution in [2.75, 3.05) is 11.9 Å². The van der Waals surface area contributed by atoms with Crippen LogP contribution in [0.5, 0.6) is 0 Å². The Morgan fingerprint density at radius 3 is 2.86 bits per heavy atom. The zero-order valence-electron chi connectivity index (χ0n) is 8.33. The van der Waals surface area contributed by atoms with Crippen molar-refractivity contribution < 1.29 is 4.39 Å². The number of nitrogens with one attached hydrogen (secondary N) is 1. The van der Waals surface area contributed by atoms with Gasteiger partial charge in [-0.2, -0.15) is 0 Å². The van der Waals surface area contributed by atoms with E-state index in [1.807, 2.05) is 0 Å². The molecule has 0 fully saturated rings. The first-order valence-corrected chi connectivity index (χ1v) is 4.84. The van der Waals surface area contributed by atoms with Gasteiger partial charge in [0.25, 0.3) is 0 Å². The van der Waals surface area contributed by atoms with Crippen LogP contribution in [0.4, 0.5) is 10.2 Å². The summed E-state index contributed by atoms with van der Waals surface area (Å²) in [5, 5.41) is 3.20. The van der Waals surface area contributed by atoms with Crippen LogP contribution in [-0.4, -0.2) is 17.6 Å². The van der Waals surface area contributed by atoms with Gasteiger partial charge in [-0.3, -0.25) is 0 Å². The first kappa shape index (κ1) is 10.9. The van der Waals surface area contributed by atoms with Crippen LogP contribution in [0.2, 0.25) is 0 Å². The molecule has 0 bridgehead atoms. The molecule has 1 unspecified atom stereocenters. The molecule has 0 radical (unpaired) electrons. The molecule has 1 aromatic heterocycles. The number of hydrogen-bond donors (Lipinski definition) is 2. The summed E-state index contributed by atoms with van der Waals surface area (Å²) in [6.07, 6.45) is 3.09. The molecule has 1 rings (SSSR count). The number of pyridine rings is 1. The van der Waals surface area contributed by atoms with Crippen LogP contribution in [-0.2, 0) is 0 Å². The molecule has 1 heterocycles. The number of anilines is 1. The van der Waals surface area contributed by atoms with Gasteiger partial charge in [0.15, 0.2) is 0 Å². The van der Waals surface area contributed by atoms with Crippen molar-refractivity contribution in [3.05, 3.63) is 24.1 Å². The Hall–Kier alpha value is -1.16. The molecule has 78 valence electrons. The Bertz CT molecular complexity index is 261. The molecule has 0 aromatic carbocycles. The zero-order chi connectivity index (χ0) is 10.4. The van der Waals surface area contributed by atoms with Crippen LogP contribution >= 0.6 is 0 Å². The fraction of sp³-hybridized carbons (Fsp3) is 0.500. The first-order valence-electron chi connectivity index (χ1n) is 4.84. The van der Waals surface area contributed by atoms with Gasteiger partial charge in [0.1, 0.15) is 11.6 Å². The van der Waals surface area contributed by atoms with Gasteiger partial charge in [-0.15, -0.1) is 0 Å². The molecule has 0 amide bonds. The fourth-order valence-corrected chi connectivity index (χ4v) is 1.25. The van der Waals surface area contributed by atoms with Crippen molar-refractivity contribution >= 4 is 5.82 Å². The number of aromatic nitrogens is 1. The SMILES string of the molecule is CCC(CCN)Nc1ccc(F)cn1. The van der Waals surface area contributed by atoms with Gasteiger partial charge >= 0.3 is 0 Å². The molecular weight excluding hydrogens is 181 g/mol. The number of nitrogens with zero attached hydrogens (tertiary/aromatic N) is 1. The summed E-state index contributed by atoms with van der Waals surface area (Å²) in [4.78, 5) is 3.92. The Kier molecular flexibility index (Phi) is 4.32.